The molecule has 0 spiro atoms. The van der Waals surface area contributed by atoms with Crippen LogP contribution in [0.1, 0.15) is 18.1 Å². The Balaban J connectivity index is 1.87. The van der Waals surface area contributed by atoms with E-state index in [2.05, 4.69) is 10.6 Å². The summed E-state index contributed by atoms with van der Waals surface area (Å²) in [7, 11) is 0. The molecule has 120 valence electrons. The van der Waals surface area contributed by atoms with Gasteiger partial charge in [-0.1, -0.05) is 6.07 Å². The zero-order valence-corrected chi connectivity index (χ0v) is 13.5. The van der Waals surface area contributed by atoms with Crippen molar-refractivity contribution in [3.05, 3.63) is 53.6 Å². The molecule has 0 aromatic heterocycles. The molecule has 0 aliphatic carbocycles. The van der Waals surface area contributed by atoms with Crippen LogP contribution in [0.3, 0.4) is 0 Å². The quantitative estimate of drug-likeness (QED) is 0.890. The fourth-order valence-corrected chi connectivity index (χ4v) is 2.23. The summed E-state index contributed by atoms with van der Waals surface area (Å²) in [6.45, 7) is 5.33. The number of carbonyl (C=O) groups is 2. The van der Waals surface area contributed by atoms with Crippen molar-refractivity contribution in [3.63, 3.8) is 0 Å². The largest absolute Gasteiger partial charge is 0.484 e. The van der Waals surface area contributed by atoms with Gasteiger partial charge in [0.15, 0.2) is 6.61 Å². The summed E-state index contributed by atoms with van der Waals surface area (Å²) in [4.78, 5) is 22.9. The van der Waals surface area contributed by atoms with Gasteiger partial charge in [-0.15, -0.1) is 0 Å². The zero-order chi connectivity index (χ0) is 16.8. The molecule has 0 heterocycles. The van der Waals surface area contributed by atoms with E-state index in [0.717, 1.165) is 16.8 Å². The number of anilines is 2. The molecular weight excluding hydrogens is 292 g/mol. The van der Waals surface area contributed by atoms with Crippen LogP contribution in [0.4, 0.5) is 11.4 Å². The van der Waals surface area contributed by atoms with E-state index in [1.807, 2.05) is 32.0 Å². The lowest BCUT2D eigenvalue weighted by molar-refractivity contribution is -0.118. The van der Waals surface area contributed by atoms with Gasteiger partial charge < -0.3 is 15.4 Å². The van der Waals surface area contributed by atoms with E-state index in [9.17, 15) is 9.59 Å². The van der Waals surface area contributed by atoms with E-state index >= 15 is 0 Å². The topological polar surface area (TPSA) is 67.4 Å². The minimum Gasteiger partial charge on any atom is -0.484 e. The molecule has 0 fully saturated rings. The maximum atomic E-state index is 11.9. The lowest BCUT2D eigenvalue weighted by Gasteiger charge is -2.09. The summed E-state index contributed by atoms with van der Waals surface area (Å²) >= 11 is 0. The van der Waals surface area contributed by atoms with Crippen molar-refractivity contribution < 1.29 is 14.3 Å². The van der Waals surface area contributed by atoms with Gasteiger partial charge in [0.05, 0.1) is 0 Å². The average Bonchev–Trinajstić information content (AvgIpc) is 2.45. The number of hydrogen-bond acceptors (Lipinski definition) is 3. The van der Waals surface area contributed by atoms with E-state index in [-0.39, 0.29) is 18.4 Å². The van der Waals surface area contributed by atoms with Crippen LogP contribution in [0.25, 0.3) is 0 Å². The van der Waals surface area contributed by atoms with Crippen LogP contribution >= 0.6 is 0 Å². The van der Waals surface area contributed by atoms with Crippen LogP contribution in [0.15, 0.2) is 42.5 Å². The van der Waals surface area contributed by atoms with Crippen molar-refractivity contribution in [2.75, 3.05) is 17.2 Å². The fourth-order valence-electron chi connectivity index (χ4n) is 2.23. The summed E-state index contributed by atoms with van der Waals surface area (Å²) in [5, 5.41) is 5.48. The standard InChI is InChI=1S/C18H20N2O3/c1-12-8-13(2)10-16(9-12)20-18(22)11-23-17-6-4-15(5-7-17)19-14(3)21/h4-10H,11H2,1-3H3,(H,19,21)(H,20,22). The lowest BCUT2D eigenvalue weighted by atomic mass is 10.1. The number of benzene rings is 2. The van der Waals surface area contributed by atoms with Gasteiger partial charge in [0, 0.05) is 18.3 Å². The normalized spacial score (nSPS) is 10.0. The van der Waals surface area contributed by atoms with Crippen LogP contribution < -0.4 is 15.4 Å². The molecule has 2 aromatic rings. The lowest BCUT2D eigenvalue weighted by Crippen LogP contribution is -2.20. The molecule has 0 bridgehead atoms. The van der Waals surface area contributed by atoms with Crippen molar-refractivity contribution in [1.29, 1.82) is 0 Å². The number of amides is 2. The Labute approximate surface area is 135 Å². The third-order valence-corrected chi connectivity index (χ3v) is 3.05. The molecule has 5 nitrogen and oxygen atoms in total. The fraction of sp³-hybridized carbons (Fsp3) is 0.222. The molecule has 2 amide bonds. The number of rotatable bonds is 5. The van der Waals surface area contributed by atoms with Crippen molar-refractivity contribution in [2.24, 2.45) is 0 Å². The minimum absolute atomic E-state index is 0.0769. The Hall–Kier alpha value is -2.82. The second-order valence-corrected chi connectivity index (χ2v) is 5.42. The first-order valence-electron chi connectivity index (χ1n) is 7.31. The van der Waals surface area contributed by atoms with Gasteiger partial charge in [-0.05, 0) is 61.4 Å². The molecule has 2 aromatic carbocycles. The Morgan fingerprint density at radius 2 is 1.52 bits per heavy atom. The first kappa shape index (κ1) is 16.5. The van der Waals surface area contributed by atoms with Crippen LogP contribution in [0.5, 0.6) is 5.75 Å². The predicted octanol–water partition coefficient (Wildman–Crippen LogP) is 3.28. The average molecular weight is 312 g/mol. The summed E-state index contributed by atoms with van der Waals surface area (Å²) in [6.07, 6.45) is 0. The SMILES string of the molecule is CC(=O)Nc1ccc(OCC(=O)Nc2cc(C)cc(C)c2)cc1. The second-order valence-electron chi connectivity index (χ2n) is 5.42. The van der Waals surface area contributed by atoms with Gasteiger partial charge in [0.25, 0.3) is 5.91 Å². The Morgan fingerprint density at radius 3 is 2.09 bits per heavy atom. The van der Waals surface area contributed by atoms with Gasteiger partial charge in [-0.3, -0.25) is 9.59 Å². The van der Waals surface area contributed by atoms with Crippen molar-refractivity contribution in [1.82, 2.24) is 0 Å². The minimum atomic E-state index is -0.221. The highest BCUT2D eigenvalue weighted by atomic mass is 16.5. The molecular formula is C18H20N2O3. The second kappa shape index (κ2) is 7.45. The third-order valence-electron chi connectivity index (χ3n) is 3.05. The summed E-state index contributed by atoms with van der Waals surface area (Å²) < 4.78 is 5.44. The molecule has 2 N–H and O–H groups in total. The highest BCUT2D eigenvalue weighted by molar-refractivity contribution is 5.92. The first-order valence-corrected chi connectivity index (χ1v) is 7.31. The van der Waals surface area contributed by atoms with E-state index < -0.39 is 0 Å². The smallest absolute Gasteiger partial charge is 0.262 e. The molecule has 0 saturated heterocycles. The molecule has 0 saturated carbocycles. The van der Waals surface area contributed by atoms with Gasteiger partial charge >= 0.3 is 0 Å². The van der Waals surface area contributed by atoms with Gasteiger partial charge in [-0.25, -0.2) is 0 Å². The van der Waals surface area contributed by atoms with Crippen molar-refractivity contribution in [2.45, 2.75) is 20.8 Å². The summed E-state index contributed by atoms with van der Waals surface area (Å²) in [6, 6.07) is 12.7. The highest BCUT2D eigenvalue weighted by Gasteiger charge is 2.05. The van der Waals surface area contributed by atoms with Crippen LogP contribution in [-0.4, -0.2) is 18.4 Å². The number of nitrogens with one attached hydrogen (secondary N) is 2. The Bertz CT molecular complexity index is 688. The number of aryl methyl sites for hydroxylation is 2. The number of ether oxygens (including phenoxy) is 1. The van der Waals surface area contributed by atoms with Crippen LogP contribution in [0, 0.1) is 13.8 Å². The van der Waals surface area contributed by atoms with Crippen molar-refractivity contribution in [3.8, 4) is 5.75 Å². The monoisotopic (exact) mass is 312 g/mol. The number of carbonyl (C=O) groups excluding carboxylic acids is 2. The van der Waals surface area contributed by atoms with Crippen molar-refractivity contribution >= 4 is 23.2 Å². The maximum absolute atomic E-state index is 11.9. The van der Waals surface area contributed by atoms with Gasteiger partial charge in [-0.2, -0.15) is 0 Å². The molecule has 0 radical (unpaired) electrons. The Kier molecular flexibility index (Phi) is 5.36. The van der Waals surface area contributed by atoms with E-state index in [0.29, 0.717) is 11.4 Å². The predicted molar refractivity (Wildman–Crippen MR) is 90.8 cm³/mol. The van der Waals surface area contributed by atoms with E-state index in [1.54, 1.807) is 24.3 Å². The van der Waals surface area contributed by atoms with E-state index in [4.69, 9.17) is 4.74 Å². The Morgan fingerprint density at radius 1 is 0.913 bits per heavy atom. The number of hydrogen-bond donors (Lipinski definition) is 2. The molecule has 0 atom stereocenters. The molecule has 0 aliphatic rings. The third kappa shape index (κ3) is 5.47. The molecule has 0 aliphatic heterocycles. The zero-order valence-electron chi connectivity index (χ0n) is 13.5. The van der Waals surface area contributed by atoms with E-state index in [1.165, 1.54) is 6.92 Å². The maximum Gasteiger partial charge on any atom is 0.262 e. The molecule has 5 heteroatoms. The first-order chi connectivity index (χ1) is 10.9. The van der Waals surface area contributed by atoms with Gasteiger partial charge in [0.1, 0.15) is 5.75 Å². The highest BCUT2D eigenvalue weighted by Crippen LogP contribution is 2.16. The summed E-state index contributed by atoms with van der Waals surface area (Å²) in [5.41, 5.74) is 3.63. The molecule has 0 unspecified atom stereocenters. The van der Waals surface area contributed by atoms with Crippen LogP contribution in [-0.2, 0) is 9.59 Å². The van der Waals surface area contributed by atoms with Gasteiger partial charge in [0.2, 0.25) is 5.91 Å². The van der Waals surface area contributed by atoms with Crippen LogP contribution in [0.2, 0.25) is 0 Å². The summed E-state index contributed by atoms with van der Waals surface area (Å²) in [5.74, 6) is 0.210. The molecule has 2 rings (SSSR count). The molecule has 23 heavy (non-hydrogen) atoms.